The number of fused-ring (bicyclic) bond motifs is 2. The Morgan fingerprint density at radius 2 is 1.93 bits per heavy atom. The van der Waals surface area contributed by atoms with E-state index in [-0.39, 0.29) is 17.3 Å². The molecule has 0 bridgehead atoms. The van der Waals surface area contributed by atoms with E-state index < -0.39 is 17.9 Å². The Morgan fingerprint density at radius 1 is 1.18 bits per heavy atom. The summed E-state index contributed by atoms with van der Waals surface area (Å²) in [6.45, 7) is 5.19. The van der Waals surface area contributed by atoms with E-state index in [1.807, 2.05) is 30.5 Å². The number of carbonyl (C=O) groups is 1. The van der Waals surface area contributed by atoms with Gasteiger partial charge in [0.25, 0.3) is 5.56 Å². The van der Waals surface area contributed by atoms with Crippen molar-refractivity contribution in [2.45, 2.75) is 33.2 Å². The van der Waals surface area contributed by atoms with Gasteiger partial charge in [-0.2, -0.15) is 4.98 Å². The number of aromatic nitrogens is 4. The zero-order valence-corrected chi connectivity index (χ0v) is 15.9. The molecular weight excluding hydrogens is 362 g/mol. The number of aliphatic hydroxyl groups is 1. The maximum absolute atomic E-state index is 12.2. The second kappa shape index (κ2) is 8.41. The number of hydrogen-bond acceptors (Lipinski definition) is 7. The van der Waals surface area contributed by atoms with Gasteiger partial charge in [-0.1, -0.05) is 0 Å². The number of hydrogen-bond donors (Lipinski definition) is 3. The van der Waals surface area contributed by atoms with Crippen LogP contribution in [0.1, 0.15) is 24.0 Å². The van der Waals surface area contributed by atoms with Crippen molar-refractivity contribution in [3.63, 3.8) is 0 Å². The summed E-state index contributed by atoms with van der Waals surface area (Å²) in [4.78, 5) is 45.6. The number of aryl methyl sites for hydroxylation is 2. The molecule has 9 nitrogen and oxygen atoms in total. The van der Waals surface area contributed by atoms with Gasteiger partial charge in [0.1, 0.15) is 6.61 Å². The lowest BCUT2D eigenvalue weighted by Gasteiger charge is -2.18. The lowest BCUT2D eigenvalue weighted by Crippen LogP contribution is -2.30. The molecule has 1 aromatic rings. The van der Waals surface area contributed by atoms with Crippen LogP contribution in [0.2, 0.25) is 0 Å². The first-order valence-corrected chi connectivity index (χ1v) is 9.16. The van der Waals surface area contributed by atoms with Crippen molar-refractivity contribution in [1.29, 1.82) is 0 Å². The highest BCUT2D eigenvalue weighted by Gasteiger charge is 2.18. The van der Waals surface area contributed by atoms with Crippen LogP contribution in [-0.4, -0.2) is 50.1 Å². The van der Waals surface area contributed by atoms with E-state index in [9.17, 15) is 14.4 Å². The summed E-state index contributed by atoms with van der Waals surface area (Å²) in [7, 11) is 0. The summed E-state index contributed by atoms with van der Waals surface area (Å²) in [5.41, 5.74) is 2.46. The Bertz CT molecular complexity index is 1100. The third-order valence-electron chi connectivity index (χ3n) is 4.72. The highest BCUT2D eigenvalue weighted by atomic mass is 16.3. The maximum Gasteiger partial charge on any atom is 0.349 e. The molecular formula is C19H23N5O4. The quantitative estimate of drug-likeness (QED) is 0.371. The minimum Gasteiger partial charge on any atom is -0.389 e. The Labute approximate surface area is 160 Å². The fourth-order valence-corrected chi connectivity index (χ4v) is 3.08. The average Bonchev–Trinajstić information content (AvgIpc) is 2.65. The van der Waals surface area contributed by atoms with Crippen LogP contribution >= 0.6 is 0 Å². The molecule has 3 N–H and O–H groups in total. The number of Topliss-reactive ketones (excluding diaryl/α,β-unsaturated/α-hetero) is 1. The van der Waals surface area contributed by atoms with Gasteiger partial charge in [-0.05, 0) is 50.1 Å². The maximum atomic E-state index is 12.2. The predicted molar refractivity (Wildman–Crippen MR) is 105 cm³/mol. The first-order chi connectivity index (χ1) is 13.4. The van der Waals surface area contributed by atoms with E-state index in [1.165, 1.54) is 0 Å². The molecule has 148 valence electrons. The molecule has 0 atom stereocenters. The molecule has 0 saturated heterocycles. The van der Waals surface area contributed by atoms with Gasteiger partial charge in [0.15, 0.2) is 17.3 Å². The van der Waals surface area contributed by atoms with Crippen molar-refractivity contribution >= 4 is 16.8 Å². The Balaban J connectivity index is 1.92. The molecule has 1 aromatic carbocycles. The third-order valence-corrected chi connectivity index (χ3v) is 4.72. The summed E-state index contributed by atoms with van der Waals surface area (Å²) in [5.74, 6) is 0.0707. The molecule has 0 fully saturated rings. The molecule has 0 amide bonds. The molecule has 3 rings (SSSR count). The average molecular weight is 385 g/mol. The summed E-state index contributed by atoms with van der Waals surface area (Å²) >= 11 is 0. The molecule has 28 heavy (non-hydrogen) atoms. The molecule has 0 aliphatic carbocycles. The van der Waals surface area contributed by atoms with Crippen molar-refractivity contribution < 1.29 is 9.90 Å². The summed E-state index contributed by atoms with van der Waals surface area (Å²) < 4.78 is 1.83. The van der Waals surface area contributed by atoms with Gasteiger partial charge in [0.05, 0.1) is 11.0 Å². The summed E-state index contributed by atoms with van der Waals surface area (Å²) in [6.07, 6.45) is 0.954. The number of aliphatic hydroxyl groups excluding tert-OH is 1. The van der Waals surface area contributed by atoms with E-state index >= 15 is 0 Å². The summed E-state index contributed by atoms with van der Waals surface area (Å²) in [6, 6.07) is 3.89. The second-order valence-corrected chi connectivity index (χ2v) is 6.78. The molecule has 0 saturated carbocycles. The fraction of sp³-hybridized carbons (Fsp3) is 0.421. The van der Waals surface area contributed by atoms with Crippen molar-refractivity contribution in [2.75, 3.05) is 19.7 Å². The first-order valence-electron chi connectivity index (χ1n) is 9.16. The number of aromatic amines is 1. The van der Waals surface area contributed by atoms with Crippen LogP contribution in [0.3, 0.4) is 0 Å². The van der Waals surface area contributed by atoms with Crippen LogP contribution in [-0.2, 0) is 11.3 Å². The highest BCUT2D eigenvalue weighted by molar-refractivity contribution is 5.81. The largest absolute Gasteiger partial charge is 0.389 e. The van der Waals surface area contributed by atoms with Crippen LogP contribution in [0.5, 0.6) is 0 Å². The van der Waals surface area contributed by atoms with Crippen molar-refractivity contribution in [3.05, 3.63) is 44.1 Å². The highest BCUT2D eigenvalue weighted by Crippen LogP contribution is 2.23. The minimum atomic E-state index is -0.702. The topological polar surface area (TPSA) is 130 Å². The van der Waals surface area contributed by atoms with Crippen LogP contribution in [0.4, 0.5) is 0 Å². The van der Waals surface area contributed by atoms with Crippen molar-refractivity contribution in [1.82, 2.24) is 24.8 Å². The number of ketones is 1. The molecule has 0 aromatic heterocycles. The number of nitrogens with one attached hydrogen (secondary N) is 2. The third kappa shape index (κ3) is 4.15. The number of nitrogens with zero attached hydrogens (tertiary/aromatic N) is 3. The van der Waals surface area contributed by atoms with E-state index in [2.05, 4.69) is 20.3 Å². The van der Waals surface area contributed by atoms with E-state index in [4.69, 9.17) is 5.11 Å². The van der Waals surface area contributed by atoms with Gasteiger partial charge in [-0.15, -0.1) is 0 Å². The first kappa shape index (κ1) is 19.8. The Hall–Kier alpha value is -2.91. The van der Waals surface area contributed by atoms with Crippen LogP contribution in [0.25, 0.3) is 22.6 Å². The Kier molecular flexibility index (Phi) is 5.96. The number of rotatable bonds is 8. The SMILES string of the molecule is Cc1cc2nc3c(=O)[nH]c(=O)nc-3n(CCNCCCC(=O)CO)c2cc1C. The number of carbonyl (C=O) groups excluding carboxylic acids is 1. The van der Waals surface area contributed by atoms with Crippen molar-refractivity contribution in [3.8, 4) is 11.5 Å². The minimum absolute atomic E-state index is 0.129. The number of benzene rings is 1. The van der Waals surface area contributed by atoms with Gasteiger partial charge in [-0.25, -0.2) is 9.78 Å². The molecule has 0 radical (unpaired) electrons. The zero-order valence-electron chi connectivity index (χ0n) is 15.9. The molecule has 0 unspecified atom stereocenters. The smallest absolute Gasteiger partial charge is 0.349 e. The second-order valence-electron chi connectivity index (χ2n) is 6.78. The summed E-state index contributed by atoms with van der Waals surface area (Å²) in [5, 5.41) is 12.0. The predicted octanol–water partition coefficient (Wildman–Crippen LogP) is 0.133. The standard InChI is InChI=1S/C19H23N5O4/c1-11-8-14-15(9-12(11)2)24(7-6-20-5-3-4-13(26)10-25)17-16(21-14)18(27)23-19(28)22-17/h8-9,20,25H,3-7,10H2,1-2H3,(H,23,27,28). The molecule has 9 heteroatoms. The Morgan fingerprint density at radius 3 is 2.68 bits per heavy atom. The van der Waals surface area contributed by atoms with Gasteiger partial charge in [-0.3, -0.25) is 14.6 Å². The van der Waals surface area contributed by atoms with Crippen LogP contribution < -0.4 is 16.6 Å². The molecule has 2 aliphatic rings. The fourth-order valence-electron chi connectivity index (χ4n) is 3.08. The zero-order chi connectivity index (χ0) is 20.3. The van der Waals surface area contributed by atoms with Crippen LogP contribution in [0.15, 0.2) is 21.7 Å². The molecule has 0 spiro atoms. The lowest BCUT2D eigenvalue weighted by atomic mass is 10.1. The lowest BCUT2D eigenvalue weighted by molar-refractivity contribution is -0.121. The number of H-pyrrole nitrogens is 1. The monoisotopic (exact) mass is 385 g/mol. The van der Waals surface area contributed by atoms with E-state index in [1.54, 1.807) is 0 Å². The van der Waals surface area contributed by atoms with Gasteiger partial charge in [0, 0.05) is 19.5 Å². The van der Waals surface area contributed by atoms with Gasteiger partial charge < -0.3 is 15.0 Å². The van der Waals surface area contributed by atoms with Gasteiger partial charge >= 0.3 is 5.69 Å². The van der Waals surface area contributed by atoms with Crippen molar-refractivity contribution in [2.24, 2.45) is 0 Å². The molecule has 2 heterocycles. The van der Waals surface area contributed by atoms with E-state index in [0.717, 1.165) is 16.6 Å². The normalized spacial score (nSPS) is 11.4. The van der Waals surface area contributed by atoms with E-state index in [0.29, 0.717) is 38.0 Å². The molecule has 2 aliphatic heterocycles. The van der Waals surface area contributed by atoms with Crippen LogP contribution in [0, 0.1) is 13.8 Å². The van der Waals surface area contributed by atoms with Gasteiger partial charge in [0.2, 0.25) is 0 Å².